The Morgan fingerprint density at radius 1 is 1.53 bits per heavy atom. The minimum atomic E-state index is 0.462. The van der Waals surface area contributed by atoms with Crippen LogP contribution in [0.3, 0.4) is 0 Å². The summed E-state index contributed by atoms with van der Waals surface area (Å²) < 4.78 is 2.01. The van der Waals surface area contributed by atoms with Crippen LogP contribution < -0.4 is 5.73 Å². The maximum atomic E-state index is 5.62. The van der Waals surface area contributed by atoms with Gasteiger partial charge in [-0.25, -0.2) is 9.97 Å². The predicted molar refractivity (Wildman–Crippen MR) is 73.0 cm³/mol. The fourth-order valence-corrected chi connectivity index (χ4v) is 2.02. The summed E-state index contributed by atoms with van der Waals surface area (Å²) in [6, 6.07) is 2.04. The third kappa shape index (κ3) is 2.44. The number of pyridine rings is 1. The molecule has 90 valence electrons. The Kier molecular flexibility index (Phi) is 3.38. The highest BCUT2D eigenvalue weighted by Gasteiger charge is 2.11. The minimum Gasteiger partial charge on any atom is -0.392 e. The number of imidazole rings is 1. The Bertz CT molecular complexity index is 559. The molecule has 2 aromatic rings. The van der Waals surface area contributed by atoms with Crippen molar-refractivity contribution in [2.24, 2.45) is 5.73 Å². The molecule has 0 aliphatic rings. The maximum absolute atomic E-state index is 5.62. The lowest BCUT2D eigenvalue weighted by Crippen LogP contribution is -2.18. The molecule has 4 nitrogen and oxygen atoms in total. The number of nitrogens with zero attached hydrogens (tertiary/aromatic N) is 3. The van der Waals surface area contributed by atoms with E-state index in [1.807, 2.05) is 23.8 Å². The molecule has 0 radical (unpaired) electrons. The molecule has 0 aliphatic carbocycles. The first kappa shape index (κ1) is 12.0. The number of hydrogen-bond donors (Lipinski definition) is 1. The highest BCUT2D eigenvalue weighted by atomic mass is 32.1. The van der Waals surface area contributed by atoms with Crippen molar-refractivity contribution < 1.29 is 0 Å². The Morgan fingerprint density at radius 2 is 2.29 bits per heavy atom. The van der Waals surface area contributed by atoms with Gasteiger partial charge in [0.2, 0.25) is 0 Å². The van der Waals surface area contributed by atoms with E-state index in [0.717, 1.165) is 35.4 Å². The van der Waals surface area contributed by atoms with Crippen LogP contribution >= 0.6 is 12.2 Å². The summed E-state index contributed by atoms with van der Waals surface area (Å²) in [4.78, 5) is 9.49. The van der Waals surface area contributed by atoms with Crippen molar-refractivity contribution in [3.05, 3.63) is 23.7 Å². The summed E-state index contributed by atoms with van der Waals surface area (Å²) in [5.74, 6) is 1.01. The number of aryl methyl sites for hydroxylation is 2. The summed E-state index contributed by atoms with van der Waals surface area (Å²) in [5, 5.41) is 0. The first-order valence-electron chi connectivity index (χ1n) is 5.72. The second-order valence-corrected chi connectivity index (χ2v) is 4.71. The summed E-state index contributed by atoms with van der Waals surface area (Å²) in [6.07, 6.45) is 3.80. The van der Waals surface area contributed by atoms with Gasteiger partial charge >= 0.3 is 0 Å². The summed E-state index contributed by atoms with van der Waals surface area (Å²) in [5.41, 5.74) is 8.52. The predicted octanol–water partition coefficient (Wildman–Crippen LogP) is 1.98. The number of aromatic nitrogens is 3. The third-order valence-corrected chi connectivity index (χ3v) is 2.72. The normalized spacial score (nSPS) is 10.9. The zero-order valence-electron chi connectivity index (χ0n) is 10.1. The molecule has 0 amide bonds. The molecule has 0 unspecified atom stereocenters. The van der Waals surface area contributed by atoms with Crippen LogP contribution in [0.5, 0.6) is 0 Å². The van der Waals surface area contributed by atoms with Crippen LogP contribution in [0.25, 0.3) is 11.2 Å². The highest BCUT2D eigenvalue weighted by molar-refractivity contribution is 7.80. The Labute approximate surface area is 106 Å². The average molecular weight is 248 g/mol. The van der Waals surface area contributed by atoms with Crippen LogP contribution in [0.15, 0.2) is 12.3 Å². The Balaban J connectivity index is 2.57. The first-order chi connectivity index (χ1) is 8.11. The SMILES string of the molecule is CCCc1nc2cc(C)cnc2n1CC(N)=S. The number of rotatable bonds is 4. The zero-order valence-corrected chi connectivity index (χ0v) is 10.9. The van der Waals surface area contributed by atoms with Gasteiger partial charge in [0.25, 0.3) is 0 Å². The van der Waals surface area contributed by atoms with E-state index in [4.69, 9.17) is 18.0 Å². The van der Waals surface area contributed by atoms with Crippen molar-refractivity contribution in [1.82, 2.24) is 14.5 Å². The van der Waals surface area contributed by atoms with Crippen LogP contribution in [0.1, 0.15) is 24.7 Å². The van der Waals surface area contributed by atoms with E-state index in [-0.39, 0.29) is 0 Å². The van der Waals surface area contributed by atoms with Crippen LogP contribution in [-0.2, 0) is 13.0 Å². The van der Waals surface area contributed by atoms with Gasteiger partial charge < -0.3 is 10.3 Å². The largest absolute Gasteiger partial charge is 0.392 e. The van der Waals surface area contributed by atoms with Gasteiger partial charge in [0.1, 0.15) is 11.3 Å². The van der Waals surface area contributed by atoms with E-state index in [0.29, 0.717) is 11.5 Å². The molecule has 0 spiro atoms. The Hall–Kier alpha value is -1.49. The lowest BCUT2D eigenvalue weighted by atomic mass is 10.3. The molecular weight excluding hydrogens is 232 g/mol. The third-order valence-electron chi connectivity index (χ3n) is 2.59. The molecule has 0 aliphatic heterocycles. The van der Waals surface area contributed by atoms with Gasteiger partial charge in [0, 0.05) is 12.6 Å². The van der Waals surface area contributed by atoms with E-state index >= 15 is 0 Å². The summed E-state index contributed by atoms with van der Waals surface area (Å²) in [7, 11) is 0. The number of nitrogens with two attached hydrogens (primary N) is 1. The smallest absolute Gasteiger partial charge is 0.160 e. The standard InChI is InChI=1S/C12H16N4S/c1-3-4-11-15-9-5-8(2)6-14-12(9)16(11)7-10(13)17/h5-6H,3-4,7H2,1-2H3,(H2,13,17). The van der Waals surface area contributed by atoms with Crippen molar-refractivity contribution in [3.63, 3.8) is 0 Å². The molecule has 2 rings (SSSR count). The van der Waals surface area contributed by atoms with Gasteiger partial charge in [0.15, 0.2) is 5.65 Å². The quantitative estimate of drug-likeness (QED) is 0.841. The highest BCUT2D eigenvalue weighted by Crippen LogP contribution is 2.16. The lowest BCUT2D eigenvalue weighted by Gasteiger charge is -2.06. The second kappa shape index (κ2) is 4.79. The monoisotopic (exact) mass is 248 g/mol. The fourth-order valence-electron chi connectivity index (χ4n) is 1.89. The molecule has 0 atom stereocenters. The summed E-state index contributed by atoms with van der Waals surface area (Å²) in [6.45, 7) is 4.65. The average Bonchev–Trinajstić information content (AvgIpc) is 2.56. The van der Waals surface area contributed by atoms with Crippen LogP contribution in [0, 0.1) is 6.92 Å². The molecule has 0 saturated heterocycles. The van der Waals surface area contributed by atoms with E-state index in [9.17, 15) is 0 Å². The fraction of sp³-hybridized carbons (Fsp3) is 0.417. The summed E-state index contributed by atoms with van der Waals surface area (Å²) >= 11 is 4.98. The van der Waals surface area contributed by atoms with Gasteiger partial charge in [-0.1, -0.05) is 19.1 Å². The van der Waals surface area contributed by atoms with E-state index in [2.05, 4.69) is 16.9 Å². The molecule has 2 heterocycles. The van der Waals surface area contributed by atoms with Gasteiger partial charge in [-0.2, -0.15) is 0 Å². The molecule has 2 aromatic heterocycles. The van der Waals surface area contributed by atoms with Crippen molar-refractivity contribution in [1.29, 1.82) is 0 Å². The molecule has 0 aromatic carbocycles. The van der Waals surface area contributed by atoms with Crippen LogP contribution in [-0.4, -0.2) is 19.5 Å². The lowest BCUT2D eigenvalue weighted by molar-refractivity contribution is 0.744. The molecule has 17 heavy (non-hydrogen) atoms. The van der Waals surface area contributed by atoms with Gasteiger partial charge in [-0.3, -0.25) is 0 Å². The minimum absolute atomic E-state index is 0.462. The zero-order chi connectivity index (χ0) is 12.4. The molecule has 0 fully saturated rings. The van der Waals surface area contributed by atoms with Crippen molar-refractivity contribution in [2.75, 3.05) is 0 Å². The first-order valence-corrected chi connectivity index (χ1v) is 6.12. The van der Waals surface area contributed by atoms with E-state index in [1.54, 1.807) is 0 Å². The van der Waals surface area contributed by atoms with E-state index in [1.165, 1.54) is 0 Å². The van der Waals surface area contributed by atoms with Crippen molar-refractivity contribution in [2.45, 2.75) is 33.2 Å². The van der Waals surface area contributed by atoms with Crippen LogP contribution in [0.4, 0.5) is 0 Å². The van der Waals surface area contributed by atoms with Gasteiger partial charge in [-0.05, 0) is 25.0 Å². The Morgan fingerprint density at radius 3 is 2.94 bits per heavy atom. The van der Waals surface area contributed by atoms with Gasteiger partial charge in [-0.15, -0.1) is 0 Å². The number of thiocarbonyl (C=S) groups is 1. The molecule has 5 heteroatoms. The molecule has 2 N–H and O–H groups in total. The van der Waals surface area contributed by atoms with Crippen LogP contribution in [0.2, 0.25) is 0 Å². The van der Waals surface area contributed by atoms with Crippen molar-refractivity contribution >= 4 is 28.4 Å². The maximum Gasteiger partial charge on any atom is 0.160 e. The number of fused-ring (bicyclic) bond motifs is 1. The van der Waals surface area contributed by atoms with Gasteiger partial charge in [0.05, 0.1) is 11.5 Å². The van der Waals surface area contributed by atoms with Crippen molar-refractivity contribution in [3.8, 4) is 0 Å². The molecule has 0 saturated carbocycles. The number of hydrogen-bond acceptors (Lipinski definition) is 3. The van der Waals surface area contributed by atoms with E-state index < -0.39 is 0 Å². The molecular formula is C12H16N4S. The molecule has 0 bridgehead atoms. The topological polar surface area (TPSA) is 56.7 Å². The second-order valence-electron chi connectivity index (χ2n) is 4.19.